The fourth-order valence-corrected chi connectivity index (χ4v) is 4.98. The van der Waals surface area contributed by atoms with E-state index in [-0.39, 0.29) is 10.6 Å². The van der Waals surface area contributed by atoms with Gasteiger partial charge < -0.3 is 9.47 Å². The summed E-state index contributed by atoms with van der Waals surface area (Å²) >= 11 is 1.16. The largest absolute Gasteiger partial charge is 0.484 e. The van der Waals surface area contributed by atoms with Crippen molar-refractivity contribution in [1.82, 2.24) is 19.2 Å². The number of halogens is 3. The third-order valence-corrected chi connectivity index (χ3v) is 6.98. The van der Waals surface area contributed by atoms with Gasteiger partial charge in [-0.3, -0.25) is 9.08 Å². The van der Waals surface area contributed by atoms with Crippen LogP contribution in [-0.2, 0) is 18.0 Å². The molecule has 0 spiro atoms. The summed E-state index contributed by atoms with van der Waals surface area (Å²) in [6.45, 7) is 1.63. The van der Waals surface area contributed by atoms with Crippen molar-refractivity contribution in [2.45, 2.75) is 19.2 Å². The van der Waals surface area contributed by atoms with Crippen LogP contribution in [0.5, 0.6) is 5.75 Å². The van der Waals surface area contributed by atoms with Gasteiger partial charge in [-0.2, -0.15) is 18.3 Å². The first-order valence-corrected chi connectivity index (χ1v) is 12.0. The first kappa shape index (κ1) is 24.6. The highest BCUT2D eigenvalue weighted by Gasteiger charge is 2.31. The van der Waals surface area contributed by atoms with Gasteiger partial charge in [0, 0.05) is 31.1 Å². The second-order valence-electron chi connectivity index (χ2n) is 8.37. The van der Waals surface area contributed by atoms with Gasteiger partial charge in [0.25, 0.3) is 0 Å². The summed E-state index contributed by atoms with van der Waals surface area (Å²) in [5.41, 5.74) is 2.90. The maximum Gasteiger partial charge on any atom is 0.416 e. The van der Waals surface area contributed by atoms with E-state index in [1.807, 2.05) is 36.0 Å². The number of ether oxygens (including phenoxy) is 2. The number of aromatic nitrogens is 4. The van der Waals surface area contributed by atoms with Gasteiger partial charge in [0.05, 0.1) is 35.6 Å². The Morgan fingerprint density at radius 2 is 1.92 bits per heavy atom. The average molecular weight is 527 g/mol. The molecular formula is C26H21F3N4O3S. The SMILES string of the molecule is COC(=O)c1sc(-c2cnc3cc(-c4cnn(C)c4)ccn23)cc1OC(C)c1cccc(C(F)(F)F)c1. The van der Waals surface area contributed by atoms with Crippen LogP contribution >= 0.6 is 11.3 Å². The molecule has 4 aromatic heterocycles. The normalized spacial score (nSPS) is 12.6. The zero-order valence-corrected chi connectivity index (χ0v) is 20.8. The number of fused-ring (bicyclic) bond motifs is 1. The summed E-state index contributed by atoms with van der Waals surface area (Å²) in [6.07, 6.45) is 2.03. The number of esters is 1. The predicted octanol–water partition coefficient (Wildman–Crippen LogP) is 6.41. The highest BCUT2D eigenvalue weighted by molar-refractivity contribution is 7.17. The fraction of sp³-hybridized carbons (Fsp3) is 0.192. The Morgan fingerprint density at radius 1 is 1.11 bits per heavy atom. The Bertz CT molecular complexity index is 1600. The molecule has 0 radical (unpaired) electrons. The van der Waals surface area contributed by atoms with Gasteiger partial charge in [-0.05, 0) is 42.3 Å². The zero-order valence-electron chi connectivity index (χ0n) is 20.0. The number of hydrogen-bond donors (Lipinski definition) is 0. The molecule has 5 rings (SSSR count). The molecule has 1 unspecified atom stereocenters. The second-order valence-corrected chi connectivity index (χ2v) is 9.42. The minimum atomic E-state index is -4.47. The lowest BCUT2D eigenvalue weighted by Crippen LogP contribution is -2.09. The van der Waals surface area contributed by atoms with Gasteiger partial charge in [-0.15, -0.1) is 11.3 Å². The van der Waals surface area contributed by atoms with E-state index < -0.39 is 23.8 Å². The van der Waals surface area contributed by atoms with Crippen LogP contribution in [0.3, 0.4) is 0 Å². The maximum atomic E-state index is 13.2. The zero-order chi connectivity index (χ0) is 26.3. The summed E-state index contributed by atoms with van der Waals surface area (Å²) in [6, 6.07) is 10.5. The minimum absolute atomic E-state index is 0.207. The second kappa shape index (κ2) is 9.40. The lowest BCUT2D eigenvalue weighted by atomic mass is 10.1. The van der Waals surface area contributed by atoms with E-state index in [1.54, 1.807) is 36.1 Å². The smallest absolute Gasteiger partial charge is 0.416 e. The molecule has 4 heterocycles. The lowest BCUT2D eigenvalue weighted by molar-refractivity contribution is -0.137. The van der Waals surface area contributed by atoms with E-state index in [4.69, 9.17) is 9.47 Å². The average Bonchev–Trinajstić information content (AvgIpc) is 3.60. The Balaban J connectivity index is 1.49. The van der Waals surface area contributed by atoms with Gasteiger partial charge in [0.15, 0.2) is 4.88 Å². The number of benzene rings is 1. The van der Waals surface area contributed by atoms with Crippen LogP contribution in [0.1, 0.15) is 33.8 Å². The summed E-state index contributed by atoms with van der Waals surface area (Å²) in [5.74, 6) is -0.381. The highest BCUT2D eigenvalue weighted by atomic mass is 32.1. The molecule has 1 atom stereocenters. The number of hydrogen-bond acceptors (Lipinski definition) is 6. The lowest BCUT2D eigenvalue weighted by Gasteiger charge is -2.16. The summed E-state index contributed by atoms with van der Waals surface area (Å²) in [4.78, 5) is 17.9. The molecule has 0 saturated heterocycles. The number of carbonyl (C=O) groups excluding carboxylic acids is 1. The van der Waals surface area contributed by atoms with Gasteiger partial charge in [-0.1, -0.05) is 12.1 Å². The number of imidazole rings is 1. The van der Waals surface area contributed by atoms with E-state index in [2.05, 4.69) is 10.1 Å². The third kappa shape index (κ3) is 4.82. The van der Waals surface area contributed by atoms with Crippen LogP contribution < -0.4 is 4.74 Å². The van der Waals surface area contributed by atoms with Crippen molar-refractivity contribution in [1.29, 1.82) is 0 Å². The molecule has 11 heteroatoms. The maximum absolute atomic E-state index is 13.2. The molecule has 1 aromatic carbocycles. The van der Waals surface area contributed by atoms with E-state index in [1.165, 1.54) is 13.2 Å². The molecule has 7 nitrogen and oxygen atoms in total. The highest BCUT2D eigenvalue weighted by Crippen LogP contribution is 2.40. The van der Waals surface area contributed by atoms with Crippen molar-refractivity contribution >= 4 is 23.0 Å². The molecule has 0 bridgehead atoms. The van der Waals surface area contributed by atoms with Crippen LogP contribution in [0.25, 0.3) is 27.3 Å². The van der Waals surface area contributed by atoms with Crippen molar-refractivity contribution in [3.63, 3.8) is 0 Å². The van der Waals surface area contributed by atoms with Crippen LogP contribution in [0.15, 0.2) is 67.3 Å². The summed E-state index contributed by atoms with van der Waals surface area (Å²) < 4.78 is 54.0. The van der Waals surface area contributed by atoms with Crippen LogP contribution in [0.2, 0.25) is 0 Å². The third-order valence-electron chi connectivity index (χ3n) is 5.86. The first-order valence-electron chi connectivity index (χ1n) is 11.2. The number of carbonyl (C=O) groups is 1. The van der Waals surface area contributed by atoms with Crippen molar-refractivity contribution < 1.29 is 27.4 Å². The quantitative estimate of drug-likeness (QED) is 0.239. The summed E-state index contributed by atoms with van der Waals surface area (Å²) in [5, 5.41) is 4.20. The monoisotopic (exact) mass is 526 g/mol. The predicted molar refractivity (Wildman–Crippen MR) is 133 cm³/mol. The number of aryl methyl sites for hydroxylation is 1. The summed E-state index contributed by atoms with van der Waals surface area (Å²) in [7, 11) is 3.11. The Morgan fingerprint density at radius 3 is 2.62 bits per heavy atom. The van der Waals surface area contributed by atoms with Crippen LogP contribution in [0.4, 0.5) is 13.2 Å². The van der Waals surface area contributed by atoms with Gasteiger partial charge >= 0.3 is 12.1 Å². The number of alkyl halides is 3. The van der Waals surface area contributed by atoms with Crippen LogP contribution in [-0.4, -0.2) is 32.2 Å². The molecule has 5 aromatic rings. The van der Waals surface area contributed by atoms with Crippen molar-refractivity contribution in [3.8, 4) is 27.4 Å². The minimum Gasteiger partial charge on any atom is -0.484 e. The van der Waals surface area contributed by atoms with E-state index in [0.29, 0.717) is 16.1 Å². The van der Waals surface area contributed by atoms with E-state index >= 15 is 0 Å². The van der Waals surface area contributed by atoms with Crippen LogP contribution in [0, 0.1) is 0 Å². The molecule has 190 valence electrons. The molecule has 0 amide bonds. The molecule has 0 saturated carbocycles. The Kier molecular flexibility index (Phi) is 6.24. The molecule has 0 aliphatic rings. The van der Waals surface area contributed by atoms with Crippen molar-refractivity contribution in [3.05, 3.63) is 83.3 Å². The number of nitrogens with zero attached hydrogens (tertiary/aromatic N) is 4. The molecule has 0 N–H and O–H groups in total. The molecule has 37 heavy (non-hydrogen) atoms. The Hall–Kier alpha value is -4.12. The number of pyridine rings is 1. The Labute approximate surface area is 213 Å². The van der Waals surface area contributed by atoms with Gasteiger partial charge in [0.1, 0.15) is 17.5 Å². The molecule has 0 aliphatic carbocycles. The number of thiophene rings is 1. The number of methoxy groups -OCH3 is 1. The van der Waals surface area contributed by atoms with E-state index in [0.717, 1.165) is 40.3 Å². The van der Waals surface area contributed by atoms with E-state index in [9.17, 15) is 18.0 Å². The fourth-order valence-electron chi connectivity index (χ4n) is 3.96. The van der Waals surface area contributed by atoms with Crippen molar-refractivity contribution in [2.75, 3.05) is 7.11 Å². The molecule has 0 aliphatic heterocycles. The number of rotatable bonds is 6. The van der Waals surface area contributed by atoms with Gasteiger partial charge in [0.2, 0.25) is 0 Å². The standard InChI is InChI=1S/C26H21F3N4O3S/c1-15(16-5-4-6-19(9-16)26(27,28)29)36-21-11-22(37-24(21)25(34)35-3)20-13-30-23-10-17(7-8-33(20)23)18-12-31-32(2)14-18/h4-15H,1-3H3. The molecule has 0 fully saturated rings. The topological polar surface area (TPSA) is 70.7 Å². The first-order chi connectivity index (χ1) is 17.6. The molecular weight excluding hydrogens is 505 g/mol. The van der Waals surface area contributed by atoms with Gasteiger partial charge in [-0.25, -0.2) is 9.78 Å². The van der Waals surface area contributed by atoms with Crippen molar-refractivity contribution in [2.24, 2.45) is 7.05 Å².